The van der Waals surface area contributed by atoms with Crippen molar-refractivity contribution < 1.29 is 32.2 Å². The minimum atomic E-state index is -4.64. The average molecular weight is 540 g/mol. The molecule has 1 aromatic heterocycles. The first-order chi connectivity index (χ1) is 18.6. The molecule has 1 aliphatic carbocycles. The molecule has 2 fully saturated rings. The fraction of sp³-hybridized carbons (Fsp3) is 0.345. The van der Waals surface area contributed by atoms with Crippen LogP contribution in [0.5, 0.6) is 11.5 Å². The lowest BCUT2D eigenvalue weighted by Gasteiger charge is -2.42. The molecule has 2 aromatic carbocycles. The minimum Gasteiger partial charge on any atom is -0.493 e. The number of hydrogen-bond donors (Lipinski definition) is 0. The van der Waals surface area contributed by atoms with E-state index in [1.165, 1.54) is 6.07 Å². The third-order valence-electron chi connectivity index (χ3n) is 7.29. The summed E-state index contributed by atoms with van der Waals surface area (Å²) in [6.07, 6.45) is -2.29. The van der Waals surface area contributed by atoms with Crippen LogP contribution in [-0.2, 0) is 12.8 Å². The first-order valence-corrected chi connectivity index (χ1v) is 12.6. The standard InChI is InChI=1S/C29H28F3N3O4/c1-19-14-23(38-2)24(39-17-20-6-4-3-5-7-20)16-22(19)27(37)34-12-13-35(28(18-34)9-10-28)26(36)21-8-11-33-25(15-21)29(30,31)32/h3-8,11,14-16H,9-10,12-13,17-18H2,1-2H3. The van der Waals surface area contributed by atoms with Gasteiger partial charge in [-0.25, -0.2) is 0 Å². The number of aryl methyl sites for hydroxylation is 1. The predicted molar refractivity (Wildman–Crippen MR) is 137 cm³/mol. The Balaban J connectivity index is 1.33. The lowest BCUT2D eigenvalue weighted by Crippen LogP contribution is -2.58. The molecule has 0 N–H and O–H groups in total. The number of amides is 2. The molecular formula is C29H28F3N3O4. The first-order valence-electron chi connectivity index (χ1n) is 12.6. The third kappa shape index (κ3) is 5.41. The number of carbonyl (C=O) groups is 2. The van der Waals surface area contributed by atoms with E-state index in [2.05, 4.69) is 4.98 Å². The van der Waals surface area contributed by atoms with Crippen molar-refractivity contribution in [2.45, 2.75) is 38.1 Å². The molecule has 10 heteroatoms. The van der Waals surface area contributed by atoms with Crippen molar-refractivity contribution in [2.24, 2.45) is 0 Å². The number of rotatable bonds is 6. The van der Waals surface area contributed by atoms with E-state index in [1.54, 1.807) is 29.0 Å². The van der Waals surface area contributed by atoms with Crippen LogP contribution in [0.15, 0.2) is 60.8 Å². The van der Waals surface area contributed by atoms with Gasteiger partial charge in [0.1, 0.15) is 12.3 Å². The van der Waals surface area contributed by atoms with Crippen molar-refractivity contribution in [1.29, 1.82) is 0 Å². The Morgan fingerprint density at radius 1 is 1.00 bits per heavy atom. The SMILES string of the molecule is COc1cc(C)c(C(=O)N2CCN(C(=O)c3ccnc(C(F)(F)F)c3)C3(CC3)C2)cc1OCc1ccccc1. The summed E-state index contributed by atoms with van der Waals surface area (Å²) in [6, 6.07) is 15.2. The highest BCUT2D eigenvalue weighted by Crippen LogP contribution is 2.45. The number of pyridine rings is 1. The van der Waals surface area contributed by atoms with Crippen LogP contribution in [0, 0.1) is 6.92 Å². The minimum absolute atomic E-state index is 0.0606. The highest BCUT2D eigenvalue weighted by Gasteiger charge is 2.54. The Hall–Kier alpha value is -4.08. The fourth-order valence-corrected chi connectivity index (χ4v) is 4.98. The summed E-state index contributed by atoms with van der Waals surface area (Å²) in [5.41, 5.74) is 0.421. The highest BCUT2D eigenvalue weighted by molar-refractivity contribution is 5.98. The zero-order valence-corrected chi connectivity index (χ0v) is 21.6. The van der Waals surface area contributed by atoms with Crippen LogP contribution in [0.3, 0.4) is 0 Å². The van der Waals surface area contributed by atoms with Crippen molar-refractivity contribution in [2.75, 3.05) is 26.7 Å². The molecule has 2 aliphatic rings. The molecule has 1 saturated carbocycles. The van der Waals surface area contributed by atoms with Crippen molar-refractivity contribution in [1.82, 2.24) is 14.8 Å². The van der Waals surface area contributed by atoms with Crippen molar-refractivity contribution in [3.8, 4) is 11.5 Å². The van der Waals surface area contributed by atoms with E-state index in [1.807, 2.05) is 37.3 Å². The van der Waals surface area contributed by atoms with E-state index in [-0.39, 0.29) is 24.6 Å². The molecule has 2 amide bonds. The van der Waals surface area contributed by atoms with Gasteiger partial charge in [-0.1, -0.05) is 30.3 Å². The highest BCUT2D eigenvalue weighted by atomic mass is 19.4. The number of carbonyl (C=O) groups excluding carboxylic acids is 2. The number of hydrogen-bond acceptors (Lipinski definition) is 5. The van der Waals surface area contributed by atoms with Gasteiger partial charge in [0, 0.05) is 37.0 Å². The Morgan fingerprint density at radius 3 is 2.41 bits per heavy atom. The third-order valence-corrected chi connectivity index (χ3v) is 7.29. The molecule has 0 radical (unpaired) electrons. The molecule has 1 saturated heterocycles. The molecule has 1 aliphatic heterocycles. The van der Waals surface area contributed by atoms with E-state index < -0.39 is 23.3 Å². The van der Waals surface area contributed by atoms with Crippen LogP contribution in [0.1, 0.15) is 50.4 Å². The second kappa shape index (κ2) is 10.2. The Labute approximate surface area is 224 Å². The Morgan fingerprint density at radius 2 is 1.74 bits per heavy atom. The van der Waals surface area contributed by atoms with Gasteiger partial charge in [-0.15, -0.1) is 0 Å². The summed E-state index contributed by atoms with van der Waals surface area (Å²) in [5, 5.41) is 0. The van der Waals surface area contributed by atoms with Gasteiger partial charge < -0.3 is 19.3 Å². The van der Waals surface area contributed by atoms with Crippen molar-refractivity contribution in [3.63, 3.8) is 0 Å². The molecule has 0 unspecified atom stereocenters. The van der Waals surface area contributed by atoms with Crippen LogP contribution in [0.25, 0.3) is 0 Å². The lowest BCUT2D eigenvalue weighted by molar-refractivity contribution is -0.141. The summed E-state index contributed by atoms with van der Waals surface area (Å²) in [4.78, 5) is 33.6. The van der Waals surface area contributed by atoms with Crippen molar-refractivity contribution >= 4 is 11.8 Å². The zero-order valence-electron chi connectivity index (χ0n) is 21.6. The maximum atomic E-state index is 13.7. The monoisotopic (exact) mass is 539 g/mol. The van der Waals surface area contributed by atoms with E-state index in [0.29, 0.717) is 43.1 Å². The van der Waals surface area contributed by atoms with Crippen LogP contribution >= 0.6 is 0 Å². The largest absolute Gasteiger partial charge is 0.493 e. The van der Waals surface area contributed by atoms with Gasteiger partial charge in [-0.05, 0) is 55.2 Å². The normalized spacial score (nSPS) is 16.2. The predicted octanol–water partition coefficient (Wildman–Crippen LogP) is 5.13. The molecule has 2 heterocycles. The molecule has 0 bridgehead atoms. The number of halogens is 3. The number of aromatic nitrogens is 1. The van der Waals surface area contributed by atoms with Crippen LogP contribution < -0.4 is 9.47 Å². The van der Waals surface area contributed by atoms with Gasteiger partial charge in [-0.2, -0.15) is 13.2 Å². The maximum absolute atomic E-state index is 13.7. The summed E-state index contributed by atoms with van der Waals surface area (Å²) >= 11 is 0. The smallest absolute Gasteiger partial charge is 0.433 e. The number of benzene rings is 2. The van der Waals surface area contributed by atoms with Crippen molar-refractivity contribution in [3.05, 3.63) is 88.7 Å². The Bertz CT molecular complexity index is 1390. The number of methoxy groups -OCH3 is 1. The molecular weight excluding hydrogens is 511 g/mol. The van der Waals surface area contributed by atoms with E-state index >= 15 is 0 Å². The second-order valence-corrected chi connectivity index (χ2v) is 9.93. The topological polar surface area (TPSA) is 72.0 Å². The average Bonchev–Trinajstić information content (AvgIpc) is 3.70. The summed E-state index contributed by atoms with van der Waals surface area (Å²) in [5.74, 6) is 0.291. The lowest BCUT2D eigenvalue weighted by atomic mass is 10.0. The maximum Gasteiger partial charge on any atom is 0.433 e. The van der Waals surface area contributed by atoms with Gasteiger partial charge >= 0.3 is 6.18 Å². The number of alkyl halides is 3. The molecule has 3 aromatic rings. The fourth-order valence-electron chi connectivity index (χ4n) is 4.98. The molecule has 39 heavy (non-hydrogen) atoms. The van der Waals surface area contributed by atoms with Gasteiger partial charge in [0.2, 0.25) is 0 Å². The van der Waals surface area contributed by atoms with Gasteiger partial charge in [-0.3, -0.25) is 14.6 Å². The van der Waals surface area contributed by atoms with E-state index in [9.17, 15) is 22.8 Å². The molecule has 204 valence electrons. The molecule has 5 rings (SSSR count). The van der Waals surface area contributed by atoms with E-state index in [0.717, 1.165) is 23.4 Å². The van der Waals surface area contributed by atoms with Gasteiger partial charge in [0.05, 0.1) is 12.6 Å². The summed E-state index contributed by atoms with van der Waals surface area (Å²) in [6.45, 7) is 2.92. The Kier molecular flexibility index (Phi) is 6.96. The quantitative estimate of drug-likeness (QED) is 0.435. The molecule has 1 spiro atoms. The summed E-state index contributed by atoms with van der Waals surface area (Å²) in [7, 11) is 1.54. The van der Waals surface area contributed by atoms with Crippen LogP contribution in [0.4, 0.5) is 13.2 Å². The molecule has 7 nitrogen and oxygen atoms in total. The molecule has 0 atom stereocenters. The van der Waals surface area contributed by atoms with Crippen LogP contribution in [0.2, 0.25) is 0 Å². The van der Waals surface area contributed by atoms with Crippen LogP contribution in [-0.4, -0.2) is 58.9 Å². The first kappa shape index (κ1) is 26.5. The zero-order chi connectivity index (χ0) is 27.8. The number of nitrogens with zero attached hydrogens (tertiary/aromatic N) is 3. The second-order valence-electron chi connectivity index (χ2n) is 9.93. The number of piperazine rings is 1. The van der Waals surface area contributed by atoms with Gasteiger partial charge in [0.25, 0.3) is 11.8 Å². The van der Waals surface area contributed by atoms with Gasteiger partial charge in [0.15, 0.2) is 11.5 Å². The van der Waals surface area contributed by atoms with E-state index in [4.69, 9.17) is 9.47 Å². The number of ether oxygens (including phenoxy) is 2. The summed E-state index contributed by atoms with van der Waals surface area (Å²) < 4.78 is 50.9.